The van der Waals surface area contributed by atoms with Crippen molar-refractivity contribution in [3.05, 3.63) is 47.5 Å². The predicted molar refractivity (Wildman–Crippen MR) is 107 cm³/mol. The second-order valence-corrected chi connectivity index (χ2v) is 18.4. The van der Waals surface area contributed by atoms with E-state index in [1.54, 1.807) is 12.1 Å². The van der Waals surface area contributed by atoms with Crippen molar-refractivity contribution in [2.45, 2.75) is 53.1 Å². The van der Waals surface area contributed by atoms with Crippen LogP contribution in [0, 0.1) is 13.8 Å². The highest BCUT2D eigenvalue weighted by atomic mass is 28.3. The van der Waals surface area contributed by atoms with Crippen LogP contribution in [0.4, 0.5) is 0 Å². The lowest BCUT2D eigenvalue weighted by molar-refractivity contribution is 1.38. The summed E-state index contributed by atoms with van der Waals surface area (Å²) in [6.45, 7) is 13.5. The molecule has 0 heterocycles. The molecule has 2 rings (SSSR count). The molecule has 0 bridgehead atoms. The quantitative estimate of drug-likeness (QED) is 0.690. The van der Waals surface area contributed by atoms with Gasteiger partial charge in [-0.1, -0.05) is 91.6 Å². The van der Waals surface area contributed by atoms with Crippen LogP contribution in [0.2, 0.25) is 39.3 Å². The van der Waals surface area contributed by atoms with Gasteiger partial charge in [0.25, 0.3) is 0 Å². The van der Waals surface area contributed by atoms with Gasteiger partial charge in [-0.2, -0.15) is 0 Å². The molecule has 2 aromatic rings. The molecule has 0 N–H and O–H groups in total. The molecular weight excluding hydrogens is 296 g/mol. The SMILES string of the molecule is [2H]c1cc(C)cc(C([2H])([2H])[2H])c1-c1cc([Si](C)(C)C)cc([Si](C)(C)C)c1. The van der Waals surface area contributed by atoms with Crippen molar-refractivity contribution >= 4 is 26.5 Å². The summed E-state index contributed by atoms with van der Waals surface area (Å²) >= 11 is 0. The van der Waals surface area contributed by atoms with Crippen LogP contribution in [-0.4, -0.2) is 16.1 Å². The monoisotopic (exact) mass is 330 g/mol. The van der Waals surface area contributed by atoms with Crippen LogP contribution in [0.15, 0.2) is 36.4 Å². The average Bonchev–Trinajstić information content (AvgIpc) is 2.43. The number of rotatable bonds is 3. The number of hydrogen-bond donors (Lipinski definition) is 0. The third-order valence-electron chi connectivity index (χ3n) is 4.04. The Morgan fingerprint density at radius 1 is 0.864 bits per heavy atom. The van der Waals surface area contributed by atoms with Gasteiger partial charge in [0.05, 0.1) is 17.5 Å². The minimum absolute atomic E-state index is 0.289. The molecule has 0 nitrogen and oxygen atoms in total. The fourth-order valence-electron chi connectivity index (χ4n) is 2.48. The standard InChI is InChI=1S/C20H30Si2/c1-15-9-10-20(16(2)11-15)17-12-18(21(3,4)5)14-19(13-17)22(6,7)8/h9-14H,1-8H3/i2D3,10D. The molecule has 0 aliphatic rings. The molecule has 0 atom stereocenters. The second kappa shape index (κ2) is 5.82. The Kier molecular flexibility index (Phi) is 3.26. The molecule has 0 aliphatic heterocycles. The van der Waals surface area contributed by atoms with Gasteiger partial charge >= 0.3 is 0 Å². The Balaban J connectivity index is 2.89. The summed E-state index contributed by atoms with van der Waals surface area (Å²) in [5, 5.41) is 2.65. The maximum atomic E-state index is 8.50. The van der Waals surface area contributed by atoms with Crippen LogP contribution >= 0.6 is 0 Å². The molecule has 0 unspecified atom stereocenters. The van der Waals surface area contributed by atoms with Crippen LogP contribution in [0.3, 0.4) is 0 Å². The van der Waals surface area contributed by atoms with E-state index in [1.165, 1.54) is 10.4 Å². The molecule has 0 saturated heterocycles. The molecule has 0 aliphatic carbocycles. The number of hydrogen-bond acceptors (Lipinski definition) is 0. The van der Waals surface area contributed by atoms with Crippen LogP contribution < -0.4 is 10.4 Å². The summed E-state index contributed by atoms with van der Waals surface area (Å²) in [5.74, 6) is 0. The Labute approximate surface area is 144 Å². The predicted octanol–water partition coefficient (Wildman–Crippen LogP) is 5.06. The number of benzene rings is 2. The lowest BCUT2D eigenvalue weighted by atomic mass is 9.99. The maximum absolute atomic E-state index is 8.50. The second-order valence-electron chi connectivity index (χ2n) is 8.26. The van der Waals surface area contributed by atoms with E-state index in [-0.39, 0.29) is 5.56 Å². The highest BCUT2D eigenvalue weighted by Crippen LogP contribution is 2.24. The Bertz CT molecular complexity index is 793. The highest BCUT2D eigenvalue weighted by molar-refractivity contribution is 6.91. The minimum Gasteiger partial charge on any atom is -0.0656 e. The summed E-state index contributed by atoms with van der Waals surface area (Å²) in [5.41, 5.74) is 2.56. The highest BCUT2D eigenvalue weighted by Gasteiger charge is 2.23. The van der Waals surface area contributed by atoms with Gasteiger partial charge in [0.1, 0.15) is 0 Å². The van der Waals surface area contributed by atoms with Gasteiger partial charge < -0.3 is 0 Å². The van der Waals surface area contributed by atoms with E-state index in [0.717, 1.165) is 11.1 Å². The Morgan fingerprint density at radius 3 is 1.86 bits per heavy atom. The van der Waals surface area contributed by atoms with Crippen LogP contribution in [-0.2, 0) is 0 Å². The zero-order valence-electron chi connectivity index (χ0n) is 18.9. The average molecular weight is 331 g/mol. The first-order valence-corrected chi connectivity index (χ1v) is 14.9. The van der Waals surface area contributed by atoms with Crippen molar-refractivity contribution in [2.24, 2.45) is 0 Å². The van der Waals surface area contributed by atoms with E-state index >= 15 is 0 Å². The molecule has 2 aromatic carbocycles. The zero-order chi connectivity index (χ0) is 20.1. The van der Waals surface area contributed by atoms with Crippen molar-refractivity contribution in [2.75, 3.05) is 0 Å². The van der Waals surface area contributed by atoms with E-state index in [2.05, 4.69) is 57.5 Å². The van der Waals surface area contributed by atoms with E-state index in [4.69, 9.17) is 5.48 Å². The minimum atomic E-state index is -2.23. The van der Waals surface area contributed by atoms with Crippen molar-refractivity contribution in [1.82, 2.24) is 0 Å². The Hall–Kier alpha value is -1.13. The number of aryl methyl sites for hydroxylation is 2. The summed E-state index contributed by atoms with van der Waals surface area (Å²) in [6, 6.07) is 10.4. The normalized spacial score (nSPS) is 15.8. The van der Waals surface area contributed by atoms with Crippen LogP contribution in [0.5, 0.6) is 0 Å². The lowest BCUT2D eigenvalue weighted by Gasteiger charge is -2.24. The summed E-state index contributed by atoms with van der Waals surface area (Å²) in [6.07, 6.45) is 0. The molecule has 0 saturated carbocycles. The molecule has 0 aromatic heterocycles. The molecule has 118 valence electrons. The zero-order valence-corrected chi connectivity index (χ0v) is 16.9. The maximum Gasteiger partial charge on any atom is 0.0776 e. The van der Waals surface area contributed by atoms with Gasteiger partial charge in [-0.3, -0.25) is 0 Å². The molecule has 2 heteroatoms. The van der Waals surface area contributed by atoms with E-state index in [9.17, 15) is 0 Å². The van der Waals surface area contributed by atoms with E-state index in [1.807, 2.05) is 6.92 Å². The largest absolute Gasteiger partial charge is 0.0776 e. The molecular formula is C20H30Si2. The third-order valence-corrected chi connectivity index (χ3v) is 8.08. The first kappa shape index (κ1) is 12.3. The van der Waals surface area contributed by atoms with Gasteiger partial charge in [0.2, 0.25) is 0 Å². The topological polar surface area (TPSA) is 0 Å². The molecule has 0 amide bonds. The lowest BCUT2D eigenvalue weighted by Crippen LogP contribution is -2.45. The molecule has 0 radical (unpaired) electrons. The van der Waals surface area contributed by atoms with Gasteiger partial charge in [-0.05, 0) is 30.5 Å². The van der Waals surface area contributed by atoms with Crippen molar-refractivity contribution in [3.63, 3.8) is 0 Å². The smallest absolute Gasteiger partial charge is 0.0656 e. The first-order valence-electron chi connectivity index (χ1n) is 9.89. The van der Waals surface area contributed by atoms with Gasteiger partial charge in [-0.15, -0.1) is 0 Å². The summed E-state index contributed by atoms with van der Waals surface area (Å²) < 4.78 is 32.4. The van der Waals surface area contributed by atoms with Gasteiger partial charge in [0, 0.05) is 4.11 Å². The Morgan fingerprint density at radius 2 is 1.41 bits per heavy atom. The third kappa shape index (κ3) is 3.79. The van der Waals surface area contributed by atoms with Crippen molar-refractivity contribution < 1.29 is 5.48 Å². The molecule has 0 spiro atoms. The first-order chi connectivity index (χ1) is 11.6. The fourth-order valence-corrected chi connectivity index (χ4v) is 4.98. The fraction of sp³-hybridized carbons (Fsp3) is 0.400. The molecule has 0 fully saturated rings. The summed E-state index contributed by atoms with van der Waals surface area (Å²) in [4.78, 5) is 0. The van der Waals surface area contributed by atoms with E-state index in [0.29, 0.717) is 11.6 Å². The van der Waals surface area contributed by atoms with Crippen molar-refractivity contribution in [3.8, 4) is 11.1 Å². The van der Waals surface area contributed by atoms with Gasteiger partial charge in [-0.25, -0.2) is 0 Å². The van der Waals surface area contributed by atoms with Crippen LogP contribution in [0.1, 0.15) is 16.6 Å². The molecule has 22 heavy (non-hydrogen) atoms. The summed E-state index contributed by atoms with van der Waals surface area (Å²) in [7, 11) is -3.16. The van der Waals surface area contributed by atoms with Crippen LogP contribution in [0.25, 0.3) is 11.1 Å². The van der Waals surface area contributed by atoms with Crippen molar-refractivity contribution in [1.29, 1.82) is 0 Å². The van der Waals surface area contributed by atoms with Gasteiger partial charge in [0.15, 0.2) is 0 Å². The van der Waals surface area contributed by atoms with E-state index < -0.39 is 23.0 Å².